The van der Waals surface area contributed by atoms with E-state index in [0.717, 1.165) is 11.4 Å². The van der Waals surface area contributed by atoms with Crippen molar-refractivity contribution in [1.29, 1.82) is 0 Å². The van der Waals surface area contributed by atoms with Gasteiger partial charge in [0.1, 0.15) is 5.75 Å². The van der Waals surface area contributed by atoms with Crippen LogP contribution in [0.15, 0.2) is 42.9 Å². The van der Waals surface area contributed by atoms with E-state index in [1.807, 2.05) is 10.6 Å². The van der Waals surface area contributed by atoms with Crippen molar-refractivity contribution in [2.75, 3.05) is 43.5 Å². The molecule has 15 heteroatoms. The zero-order valence-corrected chi connectivity index (χ0v) is 21.8. The van der Waals surface area contributed by atoms with Crippen molar-refractivity contribution < 1.29 is 27.4 Å². The second-order valence-corrected chi connectivity index (χ2v) is 9.60. The van der Waals surface area contributed by atoms with Crippen LogP contribution in [0.5, 0.6) is 5.75 Å². The summed E-state index contributed by atoms with van der Waals surface area (Å²) >= 11 is 0. The number of nitrogen functional groups attached to an aromatic ring is 1. The lowest BCUT2D eigenvalue weighted by molar-refractivity contribution is -0.274. The van der Waals surface area contributed by atoms with Crippen molar-refractivity contribution in [3.8, 4) is 17.0 Å². The highest BCUT2D eigenvalue weighted by atomic mass is 19.4. The molecule has 3 N–H and O–H groups in total. The number of rotatable bonds is 5. The molecule has 0 unspecified atom stereocenters. The van der Waals surface area contributed by atoms with E-state index in [1.54, 1.807) is 17.3 Å². The van der Waals surface area contributed by atoms with Crippen molar-refractivity contribution >= 4 is 23.4 Å². The Morgan fingerprint density at radius 3 is 2.51 bits per heavy atom. The molecule has 3 aromatic heterocycles. The Balaban J connectivity index is 1.24. The van der Waals surface area contributed by atoms with Crippen molar-refractivity contribution in [3.63, 3.8) is 0 Å². The molecule has 0 saturated carbocycles. The van der Waals surface area contributed by atoms with Gasteiger partial charge in [0.2, 0.25) is 5.95 Å². The molecule has 5 heterocycles. The number of nitrogens with zero attached hydrogens (tertiary/aromatic N) is 7. The lowest BCUT2D eigenvalue weighted by atomic mass is 10.1. The predicted molar refractivity (Wildman–Crippen MR) is 141 cm³/mol. The van der Waals surface area contributed by atoms with Crippen molar-refractivity contribution in [2.45, 2.75) is 25.9 Å². The highest BCUT2D eigenvalue weighted by Crippen LogP contribution is 2.30. The number of carbonyl (C=O) groups is 1. The maximum absolute atomic E-state index is 13.1. The summed E-state index contributed by atoms with van der Waals surface area (Å²) in [7, 11) is 0. The number of morpholine rings is 1. The number of amides is 2. The largest absolute Gasteiger partial charge is 0.573 e. The van der Waals surface area contributed by atoms with Gasteiger partial charge in [-0.1, -0.05) is 12.1 Å². The molecule has 0 radical (unpaired) electrons. The number of nitrogens with two attached hydrogens (primary N) is 1. The Bertz CT molecular complexity index is 1550. The van der Waals surface area contributed by atoms with Crippen LogP contribution < -0.4 is 20.7 Å². The minimum absolute atomic E-state index is 0.147. The van der Waals surface area contributed by atoms with E-state index in [4.69, 9.17) is 20.4 Å². The first-order valence-corrected chi connectivity index (χ1v) is 12.9. The van der Waals surface area contributed by atoms with E-state index in [2.05, 4.69) is 24.9 Å². The van der Waals surface area contributed by atoms with Gasteiger partial charge in [0.15, 0.2) is 11.5 Å². The van der Waals surface area contributed by atoms with Crippen LogP contribution in [-0.4, -0.2) is 74.5 Å². The number of carbonyl (C=O) groups excluding carboxylic acids is 1. The number of hydrogen-bond acceptors (Lipinski definition) is 9. The van der Waals surface area contributed by atoms with Gasteiger partial charge >= 0.3 is 12.4 Å². The van der Waals surface area contributed by atoms with Crippen LogP contribution in [0.3, 0.4) is 0 Å². The fourth-order valence-corrected chi connectivity index (χ4v) is 4.86. The van der Waals surface area contributed by atoms with Gasteiger partial charge in [0, 0.05) is 56.8 Å². The van der Waals surface area contributed by atoms with E-state index in [0.29, 0.717) is 74.1 Å². The lowest BCUT2D eigenvalue weighted by Gasteiger charge is -2.28. The number of anilines is 2. The second kappa shape index (κ2) is 10.7. The summed E-state index contributed by atoms with van der Waals surface area (Å²) in [5.41, 5.74) is 10.1. The minimum atomic E-state index is -4.76. The average Bonchev–Trinajstić information content (AvgIpc) is 3.34. The molecule has 2 amide bonds. The molecule has 6 rings (SSSR count). The SMILES string of the molecule is Nc1ncc(-c2cn3c4c(nc3c(N3CCOCC3)n2)CCN(C(=O)NCc2ccc(OC(F)(F)F)cc2)C4)cn1. The number of aromatic nitrogens is 5. The number of urea groups is 1. The Labute approximate surface area is 231 Å². The highest BCUT2D eigenvalue weighted by molar-refractivity contribution is 5.75. The summed E-state index contributed by atoms with van der Waals surface area (Å²) in [4.78, 5) is 34.9. The standard InChI is InChI=1S/C26H26F3N9O3/c27-26(28,29)41-18-3-1-16(2-4-18)11-33-25(39)37-6-5-19-21(15-37)38-14-20(17-12-31-24(30)32-13-17)35-22(23(38)34-19)36-7-9-40-10-8-36/h1-4,12-14H,5-11,15H2,(H,33,39)(H2,30,31,32). The number of fused-ring (bicyclic) bond motifs is 3. The van der Waals surface area contributed by atoms with Gasteiger partial charge in [-0.25, -0.2) is 24.7 Å². The molecule has 0 spiro atoms. The fourth-order valence-electron chi connectivity index (χ4n) is 4.86. The second-order valence-electron chi connectivity index (χ2n) is 9.60. The molecule has 4 aromatic rings. The van der Waals surface area contributed by atoms with E-state index < -0.39 is 6.36 Å². The molecule has 0 aliphatic carbocycles. The minimum Gasteiger partial charge on any atom is -0.406 e. The van der Waals surface area contributed by atoms with Crippen LogP contribution in [0.1, 0.15) is 17.0 Å². The monoisotopic (exact) mass is 569 g/mol. The smallest absolute Gasteiger partial charge is 0.406 e. The average molecular weight is 570 g/mol. The van der Waals surface area contributed by atoms with Gasteiger partial charge in [-0.05, 0) is 17.7 Å². The zero-order valence-electron chi connectivity index (χ0n) is 21.8. The Morgan fingerprint density at radius 2 is 1.80 bits per heavy atom. The quantitative estimate of drug-likeness (QED) is 0.372. The first-order valence-electron chi connectivity index (χ1n) is 12.9. The molecular weight excluding hydrogens is 543 g/mol. The van der Waals surface area contributed by atoms with Crippen molar-refractivity contribution in [2.24, 2.45) is 0 Å². The summed E-state index contributed by atoms with van der Waals surface area (Å²) in [6, 6.07) is 5.08. The van der Waals surface area contributed by atoms with Gasteiger partial charge < -0.3 is 30.3 Å². The van der Waals surface area contributed by atoms with Crippen LogP contribution in [0, 0.1) is 0 Å². The van der Waals surface area contributed by atoms with Gasteiger partial charge in [0.05, 0.1) is 36.8 Å². The van der Waals surface area contributed by atoms with E-state index in [9.17, 15) is 18.0 Å². The molecule has 2 aliphatic heterocycles. The van der Waals surface area contributed by atoms with Crippen LogP contribution in [-0.2, 0) is 24.2 Å². The summed E-state index contributed by atoms with van der Waals surface area (Å²) in [5, 5.41) is 2.84. The summed E-state index contributed by atoms with van der Waals surface area (Å²) < 4.78 is 48.6. The number of nitrogens with one attached hydrogen (secondary N) is 1. The third kappa shape index (κ3) is 5.79. The van der Waals surface area contributed by atoms with Gasteiger partial charge in [0.25, 0.3) is 0 Å². The molecular formula is C26H26F3N9O3. The molecule has 0 atom stereocenters. The third-order valence-electron chi connectivity index (χ3n) is 6.90. The number of imidazole rings is 1. The third-order valence-corrected chi connectivity index (χ3v) is 6.90. The molecule has 1 saturated heterocycles. The van der Waals surface area contributed by atoms with Gasteiger partial charge in [-0.15, -0.1) is 13.2 Å². The predicted octanol–water partition coefficient (Wildman–Crippen LogP) is 2.77. The number of halogens is 3. The van der Waals surface area contributed by atoms with Crippen LogP contribution >= 0.6 is 0 Å². The fraction of sp³-hybridized carbons (Fsp3) is 0.346. The number of hydrogen-bond donors (Lipinski definition) is 2. The van der Waals surface area contributed by atoms with E-state index in [-0.39, 0.29) is 24.3 Å². The van der Waals surface area contributed by atoms with Crippen molar-refractivity contribution in [1.82, 2.24) is 34.6 Å². The number of ether oxygens (including phenoxy) is 2. The summed E-state index contributed by atoms with van der Waals surface area (Å²) in [6.45, 7) is 3.41. The van der Waals surface area contributed by atoms with Crippen LogP contribution in [0.4, 0.5) is 29.7 Å². The molecule has 0 bridgehead atoms. The Hall–Kier alpha value is -4.66. The van der Waals surface area contributed by atoms with E-state index >= 15 is 0 Å². The topological polar surface area (TPSA) is 136 Å². The van der Waals surface area contributed by atoms with Gasteiger partial charge in [-0.3, -0.25) is 4.40 Å². The lowest BCUT2D eigenvalue weighted by Crippen LogP contribution is -2.42. The maximum Gasteiger partial charge on any atom is 0.573 e. The summed E-state index contributed by atoms with van der Waals surface area (Å²) in [5.74, 6) is 0.557. The highest BCUT2D eigenvalue weighted by Gasteiger charge is 2.31. The van der Waals surface area contributed by atoms with Crippen LogP contribution in [0.25, 0.3) is 16.9 Å². The molecule has 12 nitrogen and oxygen atoms in total. The molecule has 41 heavy (non-hydrogen) atoms. The van der Waals surface area contributed by atoms with E-state index in [1.165, 1.54) is 24.3 Å². The first-order chi connectivity index (χ1) is 19.7. The Kier molecular flexibility index (Phi) is 6.95. The van der Waals surface area contributed by atoms with Crippen LogP contribution in [0.2, 0.25) is 0 Å². The number of benzene rings is 1. The summed E-state index contributed by atoms with van der Waals surface area (Å²) in [6.07, 6.45) is 0.890. The zero-order chi connectivity index (χ0) is 28.6. The first kappa shape index (κ1) is 26.6. The Morgan fingerprint density at radius 1 is 1.07 bits per heavy atom. The molecule has 1 aromatic carbocycles. The molecule has 1 fully saturated rings. The van der Waals surface area contributed by atoms with Crippen molar-refractivity contribution in [3.05, 3.63) is 59.8 Å². The number of alkyl halides is 3. The van der Waals surface area contributed by atoms with Gasteiger partial charge in [-0.2, -0.15) is 0 Å². The maximum atomic E-state index is 13.1. The molecule has 214 valence electrons. The molecule has 2 aliphatic rings. The normalized spacial score (nSPS) is 15.6.